The van der Waals surface area contributed by atoms with Gasteiger partial charge in [0.1, 0.15) is 5.01 Å². The maximum atomic E-state index is 12.8. The molecule has 0 radical (unpaired) electrons. The zero-order chi connectivity index (χ0) is 19.7. The highest BCUT2D eigenvalue weighted by molar-refractivity contribution is 7.18. The van der Waals surface area contributed by atoms with Gasteiger partial charge in [0, 0.05) is 11.6 Å². The Hall–Kier alpha value is -2.15. The highest BCUT2D eigenvalue weighted by Gasteiger charge is 2.32. The topological polar surface area (TPSA) is 62.3 Å². The molecule has 1 fully saturated rings. The fourth-order valence-corrected chi connectivity index (χ4v) is 4.99. The van der Waals surface area contributed by atoms with Crippen LogP contribution < -0.4 is 5.32 Å². The van der Waals surface area contributed by atoms with Crippen molar-refractivity contribution in [1.29, 1.82) is 0 Å². The van der Waals surface area contributed by atoms with E-state index in [1.165, 1.54) is 6.07 Å². The molecule has 1 aromatic heterocycles. The van der Waals surface area contributed by atoms with Crippen LogP contribution in [0.5, 0.6) is 0 Å². The number of amides is 2. The predicted octanol–water partition coefficient (Wildman–Crippen LogP) is 4.70. The maximum absolute atomic E-state index is 12.8. The van der Waals surface area contributed by atoms with E-state index in [0.717, 1.165) is 28.1 Å². The van der Waals surface area contributed by atoms with E-state index in [4.69, 9.17) is 28.2 Å². The van der Waals surface area contributed by atoms with Crippen LogP contribution in [0, 0.1) is 0 Å². The Labute approximate surface area is 176 Å². The zero-order valence-electron chi connectivity index (χ0n) is 14.8. The average molecular weight is 434 g/mol. The molecule has 1 aliphatic heterocycles. The Bertz CT molecular complexity index is 1020. The quantitative estimate of drug-likeness (QED) is 0.648. The molecule has 3 aromatic rings. The number of nitrogens with zero attached hydrogens (tertiary/aromatic N) is 2. The van der Waals surface area contributed by atoms with Crippen LogP contribution in [0.4, 0.5) is 0 Å². The summed E-state index contributed by atoms with van der Waals surface area (Å²) in [6.45, 7) is 0.580. The highest BCUT2D eigenvalue weighted by Crippen LogP contribution is 2.36. The van der Waals surface area contributed by atoms with Crippen LogP contribution in [0.25, 0.3) is 10.2 Å². The number of carbonyl (C=O) groups is 2. The van der Waals surface area contributed by atoms with Gasteiger partial charge in [0.25, 0.3) is 5.91 Å². The van der Waals surface area contributed by atoms with Crippen molar-refractivity contribution in [2.45, 2.75) is 18.9 Å². The number of carbonyl (C=O) groups excluding carboxylic acids is 2. The van der Waals surface area contributed by atoms with Crippen LogP contribution in [-0.2, 0) is 4.79 Å². The van der Waals surface area contributed by atoms with E-state index in [1.54, 1.807) is 23.5 Å². The van der Waals surface area contributed by atoms with E-state index < -0.39 is 5.91 Å². The molecule has 1 atom stereocenters. The molecule has 2 heterocycles. The van der Waals surface area contributed by atoms with E-state index >= 15 is 0 Å². The standard InChI is InChI=1S/C20H17Cl2N3O2S/c21-12-7-8-13(14(22)10-12)19(27)23-11-18(26)25-9-3-5-16(25)20-24-15-4-1-2-6-17(15)28-20/h1-2,4,6-8,10,16H,3,5,9,11H2,(H,23,27)/t16-/m1/s1. The second kappa shape index (κ2) is 8.07. The minimum Gasteiger partial charge on any atom is -0.343 e. The average Bonchev–Trinajstić information content (AvgIpc) is 3.32. The summed E-state index contributed by atoms with van der Waals surface area (Å²) >= 11 is 13.5. The lowest BCUT2D eigenvalue weighted by atomic mass is 10.2. The first-order valence-corrected chi connectivity index (χ1v) is 10.5. The first-order chi connectivity index (χ1) is 13.5. The second-order valence-electron chi connectivity index (χ2n) is 6.57. The van der Waals surface area contributed by atoms with Crippen molar-refractivity contribution in [3.63, 3.8) is 0 Å². The molecule has 4 rings (SSSR count). The van der Waals surface area contributed by atoms with Gasteiger partial charge in [-0.25, -0.2) is 4.98 Å². The van der Waals surface area contributed by atoms with Gasteiger partial charge >= 0.3 is 0 Å². The summed E-state index contributed by atoms with van der Waals surface area (Å²) in [5.41, 5.74) is 1.25. The van der Waals surface area contributed by atoms with Crippen LogP contribution in [0.15, 0.2) is 42.5 Å². The van der Waals surface area contributed by atoms with Crippen LogP contribution in [0.1, 0.15) is 34.2 Å². The molecular weight excluding hydrogens is 417 g/mol. The smallest absolute Gasteiger partial charge is 0.253 e. The van der Waals surface area contributed by atoms with Crippen molar-refractivity contribution in [1.82, 2.24) is 15.2 Å². The fraction of sp³-hybridized carbons (Fsp3) is 0.250. The van der Waals surface area contributed by atoms with Gasteiger partial charge in [-0.3, -0.25) is 9.59 Å². The largest absolute Gasteiger partial charge is 0.343 e. The van der Waals surface area contributed by atoms with Gasteiger partial charge in [-0.15, -0.1) is 11.3 Å². The molecule has 2 amide bonds. The summed E-state index contributed by atoms with van der Waals surface area (Å²) in [7, 11) is 0. The molecule has 28 heavy (non-hydrogen) atoms. The van der Waals surface area contributed by atoms with E-state index in [2.05, 4.69) is 5.32 Å². The number of halogens is 2. The lowest BCUT2D eigenvalue weighted by Gasteiger charge is -2.23. The summed E-state index contributed by atoms with van der Waals surface area (Å²) in [6, 6.07) is 12.6. The SMILES string of the molecule is O=C(NCC(=O)N1CCC[C@@H]1c1nc2ccccc2s1)c1ccc(Cl)cc1Cl. The van der Waals surface area contributed by atoms with Crippen molar-refractivity contribution >= 4 is 56.6 Å². The van der Waals surface area contributed by atoms with Crippen molar-refractivity contribution in [3.05, 3.63) is 63.1 Å². The third-order valence-electron chi connectivity index (χ3n) is 4.74. The number of thiazole rings is 1. The zero-order valence-corrected chi connectivity index (χ0v) is 17.2. The lowest BCUT2D eigenvalue weighted by molar-refractivity contribution is -0.131. The minimum atomic E-state index is -0.397. The number of rotatable bonds is 4. The van der Waals surface area contributed by atoms with Gasteiger partial charge in [0.15, 0.2) is 0 Å². The van der Waals surface area contributed by atoms with Crippen molar-refractivity contribution in [3.8, 4) is 0 Å². The fourth-order valence-electron chi connectivity index (χ4n) is 3.38. The Balaban J connectivity index is 1.44. The summed E-state index contributed by atoms with van der Waals surface area (Å²) in [5, 5.41) is 4.31. The van der Waals surface area contributed by atoms with Crippen LogP contribution in [0.3, 0.4) is 0 Å². The normalized spacial score (nSPS) is 16.5. The number of aromatic nitrogens is 1. The summed E-state index contributed by atoms with van der Waals surface area (Å²) in [6.07, 6.45) is 1.80. The Morgan fingerprint density at radius 2 is 2.04 bits per heavy atom. The summed E-state index contributed by atoms with van der Waals surface area (Å²) in [5.74, 6) is -0.522. The number of fused-ring (bicyclic) bond motifs is 1. The molecule has 0 saturated carbocycles. The number of nitrogens with one attached hydrogen (secondary N) is 1. The molecule has 1 saturated heterocycles. The number of benzene rings is 2. The monoisotopic (exact) mass is 433 g/mol. The van der Waals surface area contributed by atoms with Gasteiger partial charge in [-0.2, -0.15) is 0 Å². The lowest BCUT2D eigenvalue weighted by Crippen LogP contribution is -2.39. The molecule has 0 bridgehead atoms. The van der Waals surface area contributed by atoms with Crippen molar-refractivity contribution in [2.75, 3.05) is 13.1 Å². The Kier molecular flexibility index (Phi) is 5.53. The van der Waals surface area contributed by atoms with Gasteiger partial charge in [-0.1, -0.05) is 35.3 Å². The van der Waals surface area contributed by atoms with Crippen molar-refractivity contribution < 1.29 is 9.59 Å². The first kappa shape index (κ1) is 19.2. The van der Waals surface area contributed by atoms with Crippen LogP contribution in [0.2, 0.25) is 10.0 Å². The van der Waals surface area contributed by atoms with Gasteiger partial charge in [0.2, 0.25) is 5.91 Å². The number of para-hydroxylation sites is 1. The molecule has 0 aliphatic carbocycles. The second-order valence-corrected chi connectivity index (χ2v) is 8.48. The molecule has 1 N–H and O–H groups in total. The minimum absolute atomic E-state index is 0.0408. The molecule has 5 nitrogen and oxygen atoms in total. The molecule has 2 aromatic carbocycles. The maximum Gasteiger partial charge on any atom is 0.253 e. The van der Waals surface area contributed by atoms with Gasteiger partial charge in [0.05, 0.1) is 33.4 Å². The Morgan fingerprint density at radius 1 is 1.21 bits per heavy atom. The van der Waals surface area contributed by atoms with E-state index in [-0.39, 0.29) is 23.5 Å². The van der Waals surface area contributed by atoms with Gasteiger partial charge in [-0.05, 0) is 43.2 Å². The van der Waals surface area contributed by atoms with Crippen LogP contribution in [-0.4, -0.2) is 34.8 Å². The third-order valence-corrected chi connectivity index (χ3v) is 6.43. The third kappa shape index (κ3) is 3.85. The molecular formula is C20H17Cl2N3O2S. The molecule has 8 heteroatoms. The molecule has 1 aliphatic rings. The van der Waals surface area contributed by atoms with E-state index in [9.17, 15) is 9.59 Å². The van der Waals surface area contributed by atoms with Crippen LogP contribution >= 0.6 is 34.5 Å². The molecule has 0 unspecified atom stereocenters. The van der Waals surface area contributed by atoms with E-state index in [0.29, 0.717) is 17.1 Å². The van der Waals surface area contributed by atoms with Gasteiger partial charge < -0.3 is 10.2 Å². The summed E-state index contributed by atoms with van der Waals surface area (Å²) in [4.78, 5) is 31.6. The number of hydrogen-bond donors (Lipinski definition) is 1. The van der Waals surface area contributed by atoms with E-state index in [1.807, 2.05) is 29.2 Å². The number of likely N-dealkylation sites (tertiary alicyclic amines) is 1. The highest BCUT2D eigenvalue weighted by atomic mass is 35.5. The number of hydrogen-bond acceptors (Lipinski definition) is 4. The molecule has 0 spiro atoms. The van der Waals surface area contributed by atoms with Crippen molar-refractivity contribution in [2.24, 2.45) is 0 Å². The Morgan fingerprint density at radius 3 is 2.82 bits per heavy atom. The first-order valence-electron chi connectivity index (χ1n) is 8.91. The predicted molar refractivity (Wildman–Crippen MR) is 112 cm³/mol. The summed E-state index contributed by atoms with van der Waals surface area (Å²) < 4.78 is 1.11. The molecule has 144 valence electrons.